The number of Topliss-reactive ketones (excluding diaryl/α,β-unsaturated/α-hetero) is 2. The van der Waals surface area contributed by atoms with Crippen LogP contribution in [-0.4, -0.2) is 22.6 Å². The van der Waals surface area contributed by atoms with Crippen molar-refractivity contribution in [2.45, 2.75) is 33.1 Å². The third-order valence-corrected chi connectivity index (χ3v) is 3.33. The van der Waals surface area contributed by atoms with E-state index in [2.05, 4.69) is 0 Å². The highest BCUT2D eigenvalue weighted by molar-refractivity contribution is 6.39. The van der Waals surface area contributed by atoms with Gasteiger partial charge in [-0.2, -0.15) is 0 Å². The average molecular weight is 262 g/mol. The number of aliphatic carboxylic acids is 1. The number of hydrogen-bond donors (Lipinski definition) is 1. The number of hydrogen-bond acceptors (Lipinski definition) is 3. The molecule has 0 saturated carbocycles. The number of ketones is 2. The van der Waals surface area contributed by atoms with Crippen LogP contribution in [0.3, 0.4) is 0 Å². The number of rotatable bonds is 7. The lowest BCUT2D eigenvalue weighted by Gasteiger charge is -2.27. The van der Waals surface area contributed by atoms with E-state index in [4.69, 9.17) is 5.11 Å². The van der Waals surface area contributed by atoms with E-state index in [-0.39, 0.29) is 18.6 Å². The van der Waals surface area contributed by atoms with Crippen molar-refractivity contribution in [3.05, 3.63) is 35.9 Å². The van der Waals surface area contributed by atoms with E-state index in [1.165, 1.54) is 6.92 Å². The van der Waals surface area contributed by atoms with Crippen LogP contribution in [0.15, 0.2) is 30.3 Å². The molecule has 1 aromatic carbocycles. The zero-order chi connectivity index (χ0) is 14.5. The first-order valence-electron chi connectivity index (χ1n) is 6.26. The maximum Gasteiger partial charge on any atom is 0.373 e. The van der Waals surface area contributed by atoms with Crippen LogP contribution in [0.2, 0.25) is 0 Å². The molecular formula is C15H18O4. The second kappa shape index (κ2) is 6.27. The Morgan fingerprint density at radius 3 is 2.16 bits per heavy atom. The lowest BCUT2D eigenvalue weighted by atomic mass is 9.71. The SMILES string of the molecule is CCCC(Cc1ccccc1)(C(C)=O)C(=O)C(=O)O. The molecule has 0 amide bonds. The second-order valence-corrected chi connectivity index (χ2v) is 4.68. The first-order chi connectivity index (χ1) is 8.94. The summed E-state index contributed by atoms with van der Waals surface area (Å²) >= 11 is 0. The normalized spacial score (nSPS) is 13.6. The van der Waals surface area contributed by atoms with Gasteiger partial charge >= 0.3 is 5.97 Å². The molecule has 1 rings (SSSR count). The van der Waals surface area contributed by atoms with Gasteiger partial charge < -0.3 is 5.11 Å². The fourth-order valence-corrected chi connectivity index (χ4v) is 2.32. The maximum absolute atomic E-state index is 12.0. The summed E-state index contributed by atoms with van der Waals surface area (Å²) in [6.45, 7) is 3.12. The molecule has 0 radical (unpaired) electrons. The molecule has 4 heteroatoms. The van der Waals surface area contributed by atoms with Gasteiger partial charge in [0, 0.05) is 0 Å². The Balaban J connectivity index is 3.20. The van der Waals surface area contributed by atoms with Gasteiger partial charge in [0.2, 0.25) is 0 Å². The zero-order valence-corrected chi connectivity index (χ0v) is 11.2. The van der Waals surface area contributed by atoms with Crippen molar-refractivity contribution in [2.24, 2.45) is 5.41 Å². The molecule has 0 fully saturated rings. The van der Waals surface area contributed by atoms with Crippen molar-refractivity contribution >= 4 is 17.5 Å². The van der Waals surface area contributed by atoms with Crippen LogP contribution in [0.25, 0.3) is 0 Å². The molecule has 0 saturated heterocycles. The van der Waals surface area contributed by atoms with Gasteiger partial charge in [-0.05, 0) is 25.3 Å². The van der Waals surface area contributed by atoms with Gasteiger partial charge in [0.1, 0.15) is 11.2 Å². The van der Waals surface area contributed by atoms with Crippen molar-refractivity contribution in [1.29, 1.82) is 0 Å². The second-order valence-electron chi connectivity index (χ2n) is 4.68. The van der Waals surface area contributed by atoms with Crippen molar-refractivity contribution in [2.75, 3.05) is 0 Å². The Labute approximate surface area is 112 Å². The van der Waals surface area contributed by atoms with Crippen molar-refractivity contribution in [3.8, 4) is 0 Å². The Kier molecular flexibility index (Phi) is 4.98. The number of carboxylic acid groups (broad SMARTS) is 1. The predicted octanol–water partition coefficient (Wildman–Crippen LogP) is 2.26. The minimum atomic E-state index is -1.54. The largest absolute Gasteiger partial charge is 0.475 e. The van der Waals surface area contributed by atoms with Gasteiger partial charge in [-0.25, -0.2) is 4.79 Å². The highest BCUT2D eigenvalue weighted by Gasteiger charge is 2.45. The summed E-state index contributed by atoms with van der Waals surface area (Å²) in [6, 6.07) is 9.03. The highest BCUT2D eigenvalue weighted by Crippen LogP contribution is 2.31. The first kappa shape index (κ1) is 15.1. The lowest BCUT2D eigenvalue weighted by molar-refractivity contribution is -0.157. The standard InChI is InChI=1S/C15H18O4/c1-3-9-15(11(2)16,13(17)14(18)19)10-12-7-5-4-6-8-12/h4-8H,3,9-10H2,1-2H3,(H,18,19). The summed E-state index contributed by atoms with van der Waals surface area (Å²) in [5.41, 5.74) is -0.650. The van der Waals surface area contributed by atoms with E-state index in [0.717, 1.165) is 5.56 Å². The molecule has 1 atom stereocenters. The third-order valence-electron chi connectivity index (χ3n) is 3.33. The van der Waals surface area contributed by atoms with E-state index in [1.54, 1.807) is 24.3 Å². The van der Waals surface area contributed by atoms with Crippen LogP contribution >= 0.6 is 0 Å². The Morgan fingerprint density at radius 1 is 1.16 bits per heavy atom. The number of carbonyl (C=O) groups excluding carboxylic acids is 2. The average Bonchev–Trinajstić information content (AvgIpc) is 2.38. The fourth-order valence-electron chi connectivity index (χ4n) is 2.32. The summed E-state index contributed by atoms with van der Waals surface area (Å²) in [7, 11) is 0. The molecule has 0 spiro atoms. The third kappa shape index (κ3) is 3.28. The molecule has 102 valence electrons. The lowest BCUT2D eigenvalue weighted by Crippen LogP contribution is -2.44. The molecule has 0 aliphatic heterocycles. The van der Waals surface area contributed by atoms with Gasteiger partial charge in [-0.15, -0.1) is 0 Å². The van der Waals surface area contributed by atoms with E-state index >= 15 is 0 Å². The van der Waals surface area contributed by atoms with Crippen LogP contribution < -0.4 is 0 Å². The molecule has 0 aliphatic rings. The number of carboxylic acids is 1. The van der Waals surface area contributed by atoms with Crippen LogP contribution in [0.1, 0.15) is 32.3 Å². The number of carbonyl (C=O) groups is 3. The zero-order valence-electron chi connectivity index (χ0n) is 11.2. The van der Waals surface area contributed by atoms with Gasteiger partial charge in [-0.1, -0.05) is 43.7 Å². The van der Waals surface area contributed by atoms with Crippen molar-refractivity contribution in [3.63, 3.8) is 0 Å². The summed E-state index contributed by atoms with van der Waals surface area (Å²) in [5.74, 6) is -2.93. The van der Waals surface area contributed by atoms with Crippen LogP contribution in [0, 0.1) is 5.41 Å². The fraction of sp³-hybridized carbons (Fsp3) is 0.400. The molecule has 0 aromatic heterocycles. The van der Waals surface area contributed by atoms with E-state index in [1.807, 2.05) is 13.0 Å². The van der Waals surface area contributed by atoms with Gasteiger partial charge in [0.25, 0.3) is 5.78 Å². The Hall–Kier alpha value is -1.97. The molecule has 1 aromatic rings. The van der Waals surface area contributed by atoms with E-state index < -0.39 is 17.2 Å². The first-order valence-corrected chi connectivity index (χ1v) is 6.26. The molecule has 1 N–H and O–H groups in total. The summed E-state index contributed by atoms with van der Waals surface area (Å²) < 4.78 is 0. The van der Waals surface area contributed by atoms with Gasteiger partial charge in [0.15, 0.2) is 0 Å². The summed E-state index contributed by atoms with van der Waals surface area (Å²) in [6.07, 6.45) is 0.968. The molecule has 1 unspecified atom stereocenters. The molecular weight excluding hydrogens is 244 g/mol. The monoisotopic (exact) mass is 262 g/mol. The van der Waals surface area contributed by atoms with Crippen LogP contribution in [0.4, 0.5) is 0 Å². The molecule has 4 nitrogen and oxygen atoms in total. The van der Waals surface area contributed by atoms with Crippen LogP contribution in [-0.2, 0) is 20.8 Å². The highest BCUT2D eigenvalue weighted by atomic mass is 16.4. The van der Waals surface area contributed by atoms with Gasteiger partial charge in [0.05, 0.1) is 0 Å². The van der Waals surface area contributed by atoms with Crippen molar-refractivity contribution < 1.29 is 19.5 Å². The molecule has 0 heterocycles. The van der Waals surface area contributed by atoms with E-state index in [0.29, 0.717) is 6.42 Å². The number of benzene rings is 1. The van der Waals surface area contributed by atoms with Gasteiger partial charge in [-0.3, -0.25) is 9.59 Å². The van der Waals surface area contributed by atoms with E-state index in [9.17, 15) is 14.4 Å². The molecule has 0 bridgehead atoms. The van der Waals surface area contributed by atoms with Crippen LogP contribution in [0.5, 0.6) is 0 Å². The topological polar surface area (TPSA) is 71.4 Å². The summed E-state index contributed by atoms with van der Waals surface area (Å²) in [4.78, 5) is 34.9. The van der Waals surface area contributed by atoms with Crippen molar-refractivity contribution in [1.82, 2.24) is 0 Å². The minimum Gasteiger partial charge on any atom is -0.475 e. The molecule has 0 aliphatic carbocycles. The smallest absolute Gasteiger partial charge is 0.373 e. The minimum absolute atomic E-state index is 0.141. The summed E-state index contributed by atoms with van der Waals surface area (Å²) in [5, 5.41) is 8.97. The predicted molar refractivity (Wildman–Crippen MR) is 70.8 cm³/mol. The Morgan fingerprint density at radius 2 is 1.74 bits per heavy atom. The molecule has 19 heavy (non-hydrogen) atoms. The maximum atomic E-state index is 12.0. The Bertz CT molecular complexity index is 478. The quantitative estimate of drug-likeness (QED) is 0.604.